The van der Waals surface area contributed by atoms with Crippen LogP contribution in [0.4, 0.5) is 5.69 Å². The highest BCUT2D eigenvalue weighted by atomic mass is 16.2. The van der Waals surface area contributed by atoms with E-state index in [0.29, 0.717) is 18.5 Å². The minimum Gasteiger partial charge on any atom is -0.327 e. The fraction of sp³-hybridized carbons (Fsp3) is 0.250. The summed E-state index contributed by atoms with van der Waals surface area (Å²) in [6.07, 6.45) is 2.47. The molecule has 0 aromatic heterocycles. The number of carbonyl (C=O) groups excluding carboxylic acids is 2. The summed E-state index contributed by atoms with van der Waals surface area (Å²) in [4.78, 5) is 27.7. The zero-order chi connectivity index (χ0) is 19.5. The molecule has 1 fully saturated rings. The van der Waals surface area contributed by atoms with Crippen molar-refractivity contribution in [3.63, 3.8) is 0 Å². The molecule has 142 valence electrons. The lowest BCUT2D eigenvalue weighted by atomic mass is 10.1. The maximum Gasteiger partial charge on any atom is 0.254 e. The van der Waals surface area contributed by atoms with Crippen LogP contribution in [0, 0.1) is 0 Å². The number of amides is 2. The Morgan fingerprint density at radius 2 is 1.75 bits per heavy atom. The molecule has 0 spiro atoms. The monoisotopic (exact) mass is 372 g/mol. The van der Waals surface area contributed by atoms with Crippen molar-refractivity contribution >= 4 is 28.3 Å². The fourth-order valence-corrected chi connectivity index (χ4v) is 3.88. The van der Waals surface area contributed by atoms with Crippen LogP contribution in [0.3, 0.4) is 0 Å². The van der Waals surface area contributed by atoms with Gasteiger partial charge in [0.05, 0.1) is 0 Å². The molecular formula is C24H24N2O2. The van der Waals surface area contributed by atoms with E-state index >= 15 is 0 Å². The van der Waals surface area contributed by atoms with Crippen molar-refractivity contribution in [1.82, 2.24) is 4.90 Å². The third-order valence-corrected chi connectivity index (χ3v) is 5.47. The molecule has 3 aromatic carbocycles. The van der Waals surface area contributed by atoms with Crippen LogP contribution in [0.15, 0.2) is 66.7 Å². The van der Waals surface area contributed by atoms with Crippen LogP contribution in [-0.4, -0.2) is 29.3 Å². The topological polar surface area (TPSA) is 49.4 Å². The first-order valence-corrected chi connectivity index (χ1v) is 9.86. The molecule has 4 nitrogen and oxygen atoms in total. The van der Waals surface area contributed by atoms with Crippen LogP contribution in [0.5, 0.6) is 0 Å². The van der Waals surface area contributed by atoms with E-state index in [2.05, 4.69) is 12.2 Å². The second kappa shape index (κ2) is 7.85. The molecule has 3 aromatic rings. The number of nitrogens with one attached hydrogen (secondary N) is 1. The highest BCUT2D eigenvalue weighted by molar-refractivity contribution is 6.06. The number of fused-ring (bicyclic) bond motifs is 1. The predicted molar refractivity (Wildman–Crippen MR) is 112 cm³/mol. The van der Waals surface area contributed by atoms with Crippen molar-refractivity contribution < 1.29 is 9.59 Å². The lowest BCUT2D eigenvalue weighted by molar-refractivity contribution is -0.119. The third-order valence-electron chi connectivity index (χ3n) is 5.47. The van der Waals surface area contributed by atoms with Gasteiger partial charge in [-0.2, -0.15) is 0 Å². The van der Waals surface area contributed by atoms with E-state index < -0.39 is 6.04 Å². The summed E-state index contributed by atoms with van der Waals surface area (Å²) in [5.74, 6) is -0.189. The Balaban J connectivity index is 1.53. The van der Waals surface area contributed by atoms with Crippen molar-refractivity contribution in [2.75, 3.05) is 11.9 Å². The minimum atomic E-state index is -0.433. The number of benzene rings is 3. The normalized spacial score (nSPS) is 16.3. The maximum absolute atomic E-state index is 13.0. The summed E-state index contributed by atoms with van der Waals surface area (Å²) in [5.41, 5.74) is 2.62. The molecule has 1 saturated heterocycles. The zero-order valence-electron chi connectivity index (χ0n) is 16.0. The van der Waals surface area contributed by atoms with Gasteiger partial charge in [0, 0.05) is 23.2 Å². The van der Waals surface area contributed by atoms with Gasteiger partial charge in [-0.05, 0) is 48.4 Å². The number of hydrogen-bond acceptors (Lipinski definition) is 2. The maximum atomic E-state index is 13.0. The Bertz CT molecular complexity index is 1010. The number of likely N-dealkylation sites (tertiary alicyclic amines) is 1. The second-order valence-electron chi connectivity index (χ2n) is 7.22. The van der Waals surface area contributed by atoms with Gasteiger partial charge in [0.15, 0.2) is 0 Å². The molecule has 4 heteroatoms. The molecule has 0 bridgehead atoms. The van der Waals surface area contributed by atoms with Crippen molar-refractivity contribution in [2.45, 2.75) is 32.2 Å². The van der Waals surface area contributed by atoms with Crippen LogP contribution in [0.1, 0.15) is 35.7 Å². The van der Waals surface area contributed by atoms with Crippen molar-refractivity contribution in [2.24, 2.45) is 0 Å². The molecule has 1 aliphatic heterocycles. The standard InChI is InChI=1S/C24H24N2O2/c1-2-17-12-14-19(15-13-17)24(28)26-16-6-11-22(26)23(27)25-21-10-5-8-18-7-3-4-9-20(18)21/h3-5,7-10,12-15,22H,2,6,11,16H2,1H3,(H,25,27)/t22-/m1/s1. The van der Waals surface area contributed by atoms with Crippen LogP contribution >= 0.6 is 0 Å². The Morgan fingerprint density at radius 3 is 2.54 bits per heavy atom. The van der Waals surface area contributed by atoms with Gasteiger partial charge in [-0.1, -0.05) is 55.5 Å². The summed E-state index contributed by atoms with van der Waals surface area (Å²) >= 11 is 0. The smallest absolute Gasteiger partial charge is 0.254 e. The van der Waals surface area contributed by atoms with E-state index in [1.807, 2.05) is 66.7 Å². The highest BCUT2D eigenvalue weighted by Crippen LogP contribution is 2.26. The number of rotatable bonds is 4. The third kappa shape index (κ3) is 3.50. The molecule has 28 heavy (non-hydrogen) atoms. The average molecular weight is 372 g/mol. The van der Waals surface area contributed by atoms with Gasteiger partial charge in [0.2, 0.25) is 5.91 Å². The number of nitrogens with zero attached hydrogens (tertiary/aromatic N) is 1. The Labute approximate surface area is 165 Å². The number of anilines is 1. The zero-order valence-corrected chi connectivity index (χ0v) is 16.0. The lowest BCUT2D eigenvalue weighted by Crippen LogP contribution is -2.43. The van der Waals surface area contributed by atoms with E-state index in [1.54, 1.807) is 4.90 Å². The molecule has 0 unspecified atom stereocenters. The molecule has 0 saturated carbocycles. The molecule has 0 radical (unpaired) electrons. The first-order valence-electron chi connectivity index (χ1n) is 9.86. The summed E-state index contributed by atoms with van der Waals surface area (Å²) in [6, 6.07) is 21.1. The highest BCUT2D eigenvalue weighted by Gasteiger charge is 2.34. The van der Waals surface area contributed by atoms with Crippen molar-refractivity contribution in [1.29, 1.82) is 0 Å². The van der Waals surface area contributed by atoms with Crippen molar-refractivity contribution in [3.05, 3.63) is 77.9 Å². The second-order valence-corrected chi connectivity index (χ2v) is 7.22. The van der Waals surface area contributed by atoms with Crippen LogP contribution in [0.25, 0.3) is 10.8 Å². The van der Waals surface area contributed by atoms with Gasteiger partial charge >= 0.3 is 0 Å². The van der Waals surface area contributed by atoms with Crippen molar-refractivity contribution in [3.8, 4) is 0 Å². The van der Waals surface area contributed by atoms with E-state index in [9.17, 15) is 9.59 Å². The molecule has 0 aliphatic carbocycles. The van der Waals surface area contributed by atoms with Crippen LogP contribution < -0.4 is 5.32 Å². The fourth-order valence-electron chi connectivity index (χ4n) is 3.88. The van der Waals surface area contributed by atoms with E-state index in [4.69, 9.17) is 0 Å². The van der Waals surface area contributed by atoms with E-state index in [-0.39, 0.29) is 11.8 Å². The molecule has 4 rings (SSSR count). The molecular weight excluding hydrogens is 348 g/mol. The number of carbonyl (C=O) groups is 2. The molecule has 1 heterocycles. The average Bonchev–Trinajstić information content (AvgIpc) is 3.23. The summed E-state index contributed by atoms with van der Waals surface area (Å²) in [5, 5.41) is 5.13. The van der Waals surface area contributed by atoms with E-state index in [0.717, 1.165) is 29.3 Å². The van der Waals surface area contributed by atoms with Gasteiger partial charge < -0.3 is 10.2 Å². The SMILES string of the molecule is CCc1ccc(C(=O)N2CCC[C@@H]2C(=O)Nc2cccc3ccccc23)cc1. The summed E-state index contributed by atoms with van der Waals surface area (Å²) < 4.78 is 0. The molecule has 1 N–H and O–H groups in total. The largest absolute Gasteiger partial charge is 0.327 e. The summed E-state index contributed by atoms with van der Waals surface area (Å²) in [6.45, 7) is 2.70. The van der Waals surface area contributed by atoms with Gasteiger partial charge in [-0.25, -0.2) is 0 Å². The van der Waals surface area contributed by atoms with E-state index in [1.165, 1.54) is 5.56 Å². The molecule has 2 amide bonds. The first kappa shape index (κ1) is 18.2. The quantitative estimate of drug-likeness (QED) is 0.725. The van der Waals surface area contributed by atoms with Gasteiger partial charge in [0.25, 0.3) is 5.91 Å². The van der Waals surface area contributed by atoms with Crippen LogP contribution in [0.2, 0.25) is 0 Å². The van der Waals surface area contributed by atoms with Gasteiger partial charge in [0.1, 0.15) is 6.04 Å². The Morgan fingerprint density at radius 1 is 1.00 bits per heavy atom. The number of aryl methyl sites for hydroxylation is 1. The Kier molecular flexibility index (Phi) is 5.11. The molecule has 1 aliphatic rings. The summed E-state index contributed by atoms with van der Waals surface area (Å²) in [7, 11) is 0. The number of hydrogen-bond donors (Lipinski definition) is 1. The van der Waals surface area contributed by atoms with Gasteiger partial charge in [-0.15, -0.1) is 0 Å². The Hall–Kier alpha value is -3.14. The van der Waals surface area contributed by atoms with Gasteiger partial charge in [-0.3, -0.25) is 9.59 Å². The minimum absolute atomic E-state index is 0.0711. The van der Waals surface area contributed by atoms with Crippen LogP contribution in [-0.2, 0) is 11.2 Å². The lowest BCUT2D eigenvalue weighted by Gasteiger charge is -2.24. The molecule has 1 atom stereocenters. The first-order chi connectivity index (χ1) is 13.7. The predicted octanol–water partition coefficient (Wildman–Crippen LogP) is 4.65.